The van der Waals surface area contributed by atoms with Crippen molar-refractivity contribution < 1.29 is 5.11 Å². The summed E-state index contributed by atoms with van der Waals surface area (Å²) in [5.74, 6) is 0.190. The highest BCUT2D eigenvalue weighted by Gasteiger charge is 2.03. The number of hydrogen-bond donors (Lipinski definition) is 3. The van der Waals surface area contributed by atoms with Gasteiger partial charge in [0, 0.05) is 24.0 Å². The number of phenolic OH excluding ortho intramolecular Hbond substituents is 1. The van der Waals surface area contributed by atoms with E-state index in [2.05, 4.69) is 5.32 Å². The van der Waals surface area contributed by atoms with E-state index in [1.807, 2.05) is 13.8 Å². The Labute approximate surface area is 85.3 Å². The van der Waals surface area contributed by atoms with Gasteiger partial charge in [-0.05, 0) is 25.1 Å². The van der Waals surface area contributed by atoms with Crippen LogP contribution in [-0.2, 0) is 0 Å². The van der Waals surface area contributed by atoms with Gasteiger partial charge < -0.3 is 15.8 Å². The fourth-order valence-corrected chi connectivity index (χ4v) is 1.06. The first-order chi connectivity index (χ1) is 6.65. The molecule has 1 aromatic rings. The lowest BCUT2D eigenvalue weighted by molar-refractivity contribution is 0.475. The molecule has 0 aliphatic heterocycles. The summed E-state index contributed by atoms with van der Waals surface area (Å²) in [6.07, 6.45) is 0. The zero-order valence-corrected chi connectivity index (χ0v) is 9.18. The first kappa shape index (κ1) is 12.5. The molecule has 0 radical (unpaired) electrons. The maximum atomic E-state index is 9.16. The van der Waals surface area contributed by atoms with E-state index in [0.717, 1.165) is 11.3 Å². The first-order valence-electron chi connectivity index (χ1n) is 4.71. The maximum Gasteiger partial charge on any atom is 0.116 e. The molecule has 0 saturated heterocycles. The van der Waals surface area contributed by atoms with E-state index in [-0.39, 0.29) is 5.75 Å². The first-order valence-corrected chi connectivity index (χ1v) is 4.71. The molecule has 14 heavy (non-hydrogen) atoms. The monoisotopic (exact) mass is 194 g/mol. The predicted molar refractivity (Wildman–Crippen MR) is 61.5 cm³/mol. The number of phenols is 1. The van der Waals surface area contributed by atoms with E-state index in [1.165, 1.54) is 0 Å². The molecule has 0 aliphatic carbocycles. The molecule has 0 amide bonds. The minimum absolute atomic E-state index is 0.190. The van der Waals surface area contributed by atoms with Crippen molar-refractivity contribution >= 4 is 11.4 Å². The summed E-state index contributed by atoms with van der Waals surface area (Å²) >= 11 is 0. The van der Waals surface area contributed by atoms with Crippen LogP contribution in [0.1, 0.15) is 26.3 Å². The lowest BCUT2D eigenvalue weighted by Gasteiger charge is -2.07. The number of nitrogens with one attached hydrogen (secondary N) is 2. The van der Waals surface area contributed by atoms with Crippen molar-refractivity contribution in [3.8, 4) is 5.75 Å². The van der Waals surface area contributed by atoms with E-state index < -0.39 is 0 Å². The second kappa shape index (κ2) is 6.02. The number of rotatable bonds is 2. The van der Waals surface area contributed by atoms with Crippen LogP contribution in [0, 0.1) is 5.41 Å². The van der Waals surface area contributed by atoms with Gasteiger partial charge in [-0.2, -0.15) is 0 Å². The van der Waals surface area contributed by atoms with Crippen LogP contribution in [0.15, 0.2) is 18.2 Å². The summed E-state index contributed by atoms with van der Waals surface area (Å²) in [5.41, 5.74) is 2.04. The van der Waals surface area contributed by atoms with Crippen molar-refractivity contribution in [2.75, 3.05) is 12.4 Å². The van der Waals surface area contributed by atoms with Gasteiger partial charge in [0.2, 0.25) is 0 Å². The third-order valence-corrected chi connectivity index (χ3v) is 1.68. The number of benzene rings is 1. The highest BCUT2D eigenvalue weighted by Crippen LogP contribution is 2.20. The van der Waals surface area contributed by atoms with Crippen molar-refractivity contribution in [3.63, 3.8) is 0 Å². The third-order valence-electron chi connectivity index (χ3n) is 1.68. The van der Waals surface area contributed by atoms with Gasteiger partial charge >= 0.3 is 0 Å². The Bertz CT molecular complexity index is 308. The molecule has 0 fully saturated rings. The van der Waals surface area contributed by atoms with E-state index in [9.17, 15) is 0 Å². The molecule has 0 saturated carbocycles. The SMILES string of the molecule is CC.CNc1ccc(O)cc1C(C)=N. The van der Waals surface area contributed by atoms with Crippen molar-refractivity contribution in [1.29, 1.82) is 5.41 Å². The van der Waals surface area contributed by atoms with Crippen LogP contribution in [-0.4, -0.2) is 17.9 Å². The number of anilines is 1. The second-order valence-corrected chi connectivity index (χ2v) is 2.60. The molecule has 78 valence electrons. The highest BCUT2D eigenvalue weighted by atomic mass is 16.3. The van der Waals surface area contributed by atoms with Crippen LogP contribution in [0.4, 0.5) is 5.69 Å². The second-order valence-electron chi connectivity index (χ2n) is 2.60. The molecule has 3 N–H and O–H groups in total. The summed E-state index contributed by atoms with van der Waals surface area (Å²) in [5, 5.41) is 19.5. The van der Waals surface area contributed by atoms with Gasteiger partial charge in [0.25, 0.3) is 0 Å². The van der Waals surface area contributed by atoms with Gasteiger partial charge in [-0.25, -0.2) is 0 Å². The van der Waals surface area contributed by atoms with Crippen molar-refractivity contribution in [2.24, 2.45) is 0 Å². The van der Waals surface area contributed by atoms with Gasteiger partial charge in [-0.3, -0.25) is 0 Å². The fraction of sp³-hybridized carbons (Fsp3) is 0.364. The summed E-state index contributed by atoms with van der Waals surface area (Å²) in [6.45, 7) is 5.69. The zero-order chi connectivity index (χ0) is 11.1. The molecule has 3 heteroatoms. The normalized spacial score (nSPS) is 8.57. The molecule has 0 unspecified atom stereocenters. The molecule has 0 aliphatic rings. The molecular formula is C11H18N2O. The summed E-state index contributed by atoms with van der Waals surface area (Å²) in [6, 6.07) is 4.93. The van der Waals surface area contributed by atoms with Crippen molar-refractivity contribution in [2.45, 2.75) is 20.8 Å². The van der Waals surface area contributed by atoms with Crippen LogP contribution >= 0.6 is 0 Å². The Morgan fingerprint density at radius 1 is 1.36 bits per heavy atom. The fourth-order valence-electron chi connectivity index (χ4n) is 1.06. The third kappa shape index (κ3) is 3.09. The summed E-state index contributed by atoms with van der Waals surface area (Å²) in [7, 11) is 1.79. The average Bonchev–Trinajstić information content (AvgIpc) is 2.20. The molecule has 0 bridgehead atoms. The highest BCUT2D eigenvalue weighted by molar-refractivity contribution is 6.01. The largest absolute Gasteiger partial charge is 0.508 e. The molecule has 3 nitrogen and oxygen atoms in total. The van der Waals surface area contributed by atoms with Gasteiger partial charge in [-0.1, -0.05) is 13.8 Å². The Balaban J connectivity index is 0.000000791. The number of hydrogen-bond acceptors (Lipinski definition) is 3. The molecule has 0 atom stereocenters. The van der Waals surface area contributed by atoms with Crippen molar-refractivity contribution in [3.05, 3.63) is 23.8 Å². The molecular weight excluding hydrogens is 176 g/mol. The molecule has 0 spiro atoms. The lowest BCUT2D eigenvalue weighted by Crippen LogP contribution is -1.99. The minimum Gasteiger partial charge on any atom is -0.508 e. The number of aromatic hydroxyl groups is 1. The Morgan fingerprint density at radius 2 is 1.93 bits per heavy atom. The van der Waals surface area contributed by atoms with Crippen LogP contribution in [0.2, 0.25) is 0 Å². The maximum absolute atomic E-state index is 9.16. The molecule has 1 rings (SSSR count). The smallest absolute Gasteiger partial charge is 0.116 e. The van der Waals surface area contributed by atoms with Crippen LogP contribution in [0.3, 0.4) is 0 Å². The topological polar surface area (TPSA) is 56.1 Å². The van der Waals surface area contributed by atoms with E-state index in [0.29, 0.717) is 5.71 Å². The van der Waals surface area contributed by atoms with E-state index in [4.69, 9.17) is 10.5 Å². The van der Waals surface area contributed by atoms with Crippen molar-refractivity contribution in [1.82, 2.24) is 0 Å². The zero-order valence-electron chi connectivity index (χ0n) is 9.18. The molecule has 0 heterocycles. The van der Waals surface area contributed by atoms with Crippen LogP contribution in [0.5, 0.6) is 5.75 Å². The Hall–Kier alpha value is -1.51. The standard InChI is InChI=1S/C9H12N2O.C2H6/c1-6(10)8-5-7(12)3-4-9(8)11-2;1-2/h3-5,10-12H,1-2H3;1-2H3. The minimum atomic E-state index is 0.190. The quantitative estimate of drug-likeness (QED) is 0.501. The van der Waals surface area contributed by atoms with E-state index >= 15 is 0 Å². The predicted octanol–water partition coefficient (Wildman–Crippen LogP) is 2.85. The van der Waals surface area contributed by atoms with Crippen LogP contribution in [0.25, 0.3) is 0 Å². The Kier molecular flexibility index (Phi) is 5.37. The van der Waals surface area contributed by atoms with Gasteiger partial charge in [0.05, 0.1) is 0 Å². The lowest BCUT2D eigenvalue weighted by atomic mass is 10.1. The Morgan fingerprint density at radius 3 is 2.36 bits per heavy atom. The van der Waals surface area contributed by atoms with E-state index in [1.54, 1.807) is 32.2 Å². The van der Waals surface area contributed by atoms with Crippen LogP contribution < -0.4 is 5.32 Å². The average molecular weight is 194 g/mol. The van der Waals surface area contributed by atoms with Gasteiger partial charge in [-0.15, -0.1) is 0 Å². The molecule has 0 aromatic heterocycles. The van der Waals surface area contributed by atoms with Gasteiger partial charge in [0.1, 0.15) is 5.75 Å². The molecule has 1 aromatic carbocycles. The summed E-state index contributed by atoms with van der Waals surface area (Å²) in [4.78, 5) is 0. The van der Waals surface area contributed by atoms with Gasteiger partial charge in [0.15, 0.2) is 0 Å². The summed E-state index contributed by atoms with van der Waals surface area (Å²) < 4.78 is 0.